The van der Waals surface area contributed by atoms with Crippen LogP contribution < -0.4 is 0 Å². The van der Waals surface area contributed by atoms with Crippen LogP contribution in [-0.2, 0) is 0 Å². The normalized spacial score (nSPS) is 10.5. The fraction of sp³-hybridized carbons (Fsp3) is 0.267. The first-order chi connectivity index (χ1) is 8.27. The predicted molar refractivity (Wildman–Crippen MR) is 76.7 cm³/mol. The van der Waals surface area contributed by atoms with Crippen LogP contribution in [0, 0.1) is 0 Å². The van der Waals surface area contributed by atoms with Crippen molar-refractivity contribution in [2.24, 2.45) is 0 Å². The van der Waals surface area contributed by atoms with Gasteiger partial charge in [0.1, 0.15) is 0 Å². The van der Waals surface area contributed by atoms with Crippen LogP contribution in [0.4, 0.5) is 0 Å². The van der Waals surface area contributed by atoms with Crippen molar-refractivity contribution in [3.05, 3.63) is 48.0 Å². The average Bonchev–Trinajstić information content (AvgIpc) is 2.39. The minimum atomic E-state index is 1.03. The summed E-state index contributed by atoms with van der Waals surface area (Å²) in [4.78, 5) is 2.35. The Bertz CT molecular complexity index is 524. The summed E-state index contributed by atoms with van der Waals surface area (Å²) >= 11 is 3.23. The van der Waals surface area contributed by atoms with Crippen LogP contribution >= 0.6 is 0 Å². The third-order valence-corrected chi connectivity index (χ3v) is 4.07. The molecule has 0 N–H and O–H groups in total. The van der Waals surface area contributed by atoms with E-state index in [1.54, 1.807) is 0 Å². The zero-order chi connectivity index (χ0) is 12.3. The zero-order valence-electron chi connectivity index (χ0n) is 10.3. The van der Waals surface area contributed by atoms with Crippen LogP contribution in [0.5, 0.6) is 0 Å². The standard InChI is InChI=1S/C15H17NSe/c1-3-16(4-2)15(17)14-11-7-9-12-8-5-6-10-13(12)14/h5-11H,3-4H2,1-2H3. The van der Waals surface area contributed by atoms with E-state index in [0.717, 1.165) is 13.1 Å². The Balaban J connectivity index is 2.52. The quantitative estimate of drug-likeness (QED) is 0.783. The van der Waals surface area contributed by atoms with Crippen molar-refractivity contribution in [1.82, 2.24) is 4.90 Å². The zero-order valence-corrected chi connectivity index (χ0v) is 12.0. The van der Waals surface area contributed by atoms with Gasteiger partial charge in [-0.15, -0.1) is 0 Å². The molecule has 0 aromatic heterocycles. The van der Waals surface area contributed by atoms with Crippen LogP contribution in [0.15, 0.2) is 42.5 Å². The Morgan fingerprint density at radius 1 is 1.00 bits per heavy atom. The van der Waals surface area contributed by atoms with Gasteiger partial charge < -0.3 is 0 Å². The molecule has 17 heavy (non-hydrogen) atoms. The molecule has 0 amide bonds. The van der Waals surface area contributed by atoms with Gasteiger partial charge in [0.15, 0.2) is 0 Å². The first-order valence-electron chi connectivity index (χ1n) is 6.05. The van der Waals surface area contributed by atoms with Crippen LogP contribution in [0.25, 0.3) is 10.8 Å². The fourth-order valence-corrected chi connectivity index (χ4v) is 3.01. The predicted octanol–water partition coefficient (Wildman–Crippen LogP) is 2.83. The molecule has 0 fully saturated rings. The van der Waals surface area contributed by atoms with Crippen LogP contribution in [0.2, 0.25) is 0 Å². The van der Waals surface area contributed by atoms with Gasteiger partial charge in [-0.1, -0.05) is 0 Å². The molecular formula is C15H17NSe. The molecule has 88 valence electrons. The number of benzene rings is 2. The molecule has 0 saturated heterocycles. The topological polar surface area (TPSA) is 3.24 Å². The maximum absolute atomic E-state index is 3.23. The second kappa shape index (κ2) is 5.48. The minimum absolute atomic E-state index is 1.03. The average molecular weight is 290 g/mol. The monoisotopic (exact) mass is 291 g/mol. The number of rotatable bonds is 4. The molecule has 2 aromatic carbocycles. The van der Waals surface area contributed by atoms with E-state index in [9.17, 15) is 0 Å². The van der Waals surface area contributed by atoms with Gasteiger partial charge in [-0.25, -0.2) is 0 Å². The molecule has 0 atom stereocenters. The molecule has 0 spiro atoms. The Hall–Kier alpha value is -1.11. The van der Waals surface area contributed by atoms with Crippen LogP contribution in [-0.4, -0.2) is 38.1 Å². The van der Waals surface area contributed by atoms with Gasteiger partial charge in [-0.05, 0) is 0 Å². The van der Waals surface area contributed by atoms with E-state index in [0.29, 0.717) is 0 Å². The summed E-state index contributed by atoms with van der Waals surface area (Å²) in [7, 11) is 0. The van der Waals surface area contributed by atoms with Gasteiger partial charge in [0, 0.05) is 0 Å². The molecular weight excluding hydrogens is 273 g/mol. The summed E-state index contributed by atoms with van der Waals surface area (Å²) < 4.78 is 1.24. The molecule has 1 nitrogen and oxygen atoms in total. The molecule has 0 radical (unpaired) electrons. The third-order valence-electron chi connectivity index (χ3n) is 3.07. The Labute approximate surface area is 111 Å². The first kappa shape index (κ1) is 12.3. The number of hydrogen-bond donors (Lipinski definition) is 0. The number of hydrogen-bond acceptors (Lipinski definition) is 1. The second-order valence-corrected chi connectivity index (χ2v) is 4.82. The summed E-state index contributed by atoms with van der Waals surface area (Å²) in [6.07, 6.45) is 0. The van der Waals surface area contributed by atoms with Crippen molar-refractivity contribution >= 4 is 30.9 Å². The molecule has 0 aliphatic heterocycles. The van der Waals surface area contributed by atoms with Crippen LogP contribution in [0.3, 0.4) is 0 Å². The van der Waals surface area contributed by atoms with Crippen molar-refractivity contribution in [2.75, 3.05) is 13.1 Å². The van der Waals surface area contributed by atoms with Crippen LogP contribution in [0.1, 0.15) is 19.4 Å². The van der Waals surface area contributed by atoms with Gasteiger partial charge in [-0.3, -0.25) is 0 Å². The molecule has 0 aliphatic carbocycles. The molecule has 0 heterocycles. The molecule has 2 rings (SSSR count). The molecule has 2 aromatic rings. The fourth-order valence-electron chi connectivity index (χ4n) is 2.09. The SMILES string of the molecule is CCN(CC)C(=[Se])c1cccc2ccccc12. The van der Waals surface area contributed by atoms with Gasteiger partial charge in [0.05, 0.1) is 0 Å². The van der Waals surface area contributed by atoms with Gasteiger partial charge >= 0.3 is 111 Å². The second-order valence-electron chi connectivity index (χ2n) is 4.00. The Kier molecular flexibility index (Phi) is 3.98. The molecule has 0 unspecified atom stereocenters. The Morgan fingerprint density at radius 2 is 1.65 bits per heavy atom. The summed E-state index contributed by atoms with van der Waals surface area (Å²) in [5.74, 6) is 0. The number of fused-ring (bicyclic) bond motifs is 1. The maximum atomic E-state index is 3.23. The Morgan fingerprint density at radius 3 is 2.35 bits per heavy atom. The van der Waals surface area contributed by atoms with Crippen molar-refractivity contribution in [1.29, 1.82) is 0 Å². The van der Waals surface area contributed by atoms with Gasteiger partial charge in [-0.2, -0.15) is 0 Å². The first-order valence-corrected chi connectivity index (χ1v) is 6.90. The van der Waals surface area contributed by atoms with E-state index in [4.69, 9.17) is 0 Å². The molecule has 0 saturated carbocycles. The summed E-state index contributed by atoms with van der Waals surface area (Å²) in [6.45, 7) is 6.43. The van der Waals surface area contributed by atoms with E-state index in [1.165, 1.54) is 20.9 Å². The summed E-state index contributed by atoms with van der Waals surface area (Å²) in [5, 5.41) is 2.61. The summed E-state index contributed by atoms with van der Waals surface area (Å²) in [5.41, 5.74) is 1.30. The van der Waals surface area contributed by atoms with Gasteiger partial charge in [0.2, 0.25) is 0 Å². The third kappa shape index (κ3) is 2.43. The van der Waals surface area contributed by atoms with Crippen molar-refractivity contribution in [3.8, 4) is 0 Å². The van der Waals surface area contributed by atoms with Crippen molar-refractivity contribution in [2.45, 2.75) is 13.8 Å². The van der Waals surface area contributed by atoms with E-state index >= 15 is 0 Å². The van der Waals surface area contributed by atoms with Crippen molar-refractivity contribution < 1.29 is 0 Å². The van der Waals surface area contributed by atoms with E-state index in [-0.39, 0.29) is 0 Å². The van der Waals surface area contributed by atoms with E-state index in [2.05, 4.69) is 76.8 Å². The molecule has 0 aliphatic rings. The van der Waals surface area contributed by atoms with Gasteiger partial charge in [0.25, 0.3) is 0 Å². The van der Waals surface area contributed by atoms with E-state index in [1.807, 2.05) is 0 Å². The number of nitrogens with zero attached hydrogens (tertiary/aromatic N) is 1. The summed E-state index contributed by atoms with van der Waals surface area (Å²) in [6, 6.07) is 15.0. The van der Waals surface area contributed by atoms with E-state index < -0.39 is 0 Å². The molecule has 0 bridgehead atoms. The van der Waals surface area contributed by atoms with Crippen molar-refractivity contribution in [3.63, 3.8) is 0 Å². The molecule has 2 heteroatoms.